The third-order valence-electron chi connectivity index (χ3n) is 3.08. The molecule has 0 saturated heterocycles. The molecule has 0 unspecified atom stereocenters. The molecule has 98 valence electrons. The first-order valence-electron chi connectivity index (χ1n) is 5.68. The van der Waals surface area contributed by atoms with Crippen molar-refractivity contribution >= 4 is 34.8 Å². The number of amides is 1. The first kappa shape index (κ1) is 13.5. The molecule has 1 aliphatic rings. The van der Waals surface area contributed by atoms with Crippen LogP contribution in [0, 0.1) is 5.92 Å². The van der Waals surface area contributed by atoms with Gasteiger partial charge >= 0.3 is 0 Å². The van der Waals surface area contributed by atoms with E-state index >= 15 is 0 Å². The number of anilines is 1. The van der Waals surface area contributed by atoms with Crippen molar-refractivity contribution in [1.29, 1.82) is 0 Å². The van der Waals surface area contributed by atoms with E-state index in [-0.39, 0.29) is 27.7 Å². The summed E-state index contributed by atoms with van der Waals surface area (Å²) in [5.74, 6) is 0.116. The molecule has 1 aromatic carbocycles. The maximum Gasteiger partial charge on any atom is 0.251 e. The number of halogens is 2. The normalized spacial score (nSPS) is 22.4. The molecular formula is C12H14Cl2N2O2. The van der Waals surface area contributed by atoms with E-state index in [1.165, 1.54) is 12.1 Å². The SMILES string of the molecule is Nc1cc(C(=O)NCC2CC(O)C2)cc(Cl)c1Cl. The largest absolute Gasteiger partial charge is 0.397 e. The van der Waals surface area contributed by atoms with Crippen molar-refractivity contribution < 1.29 is 9.90 Å². The zero-order valence-corrected chi connectivity index (χ0v) is 11.1. The van der Waals surface area contributed by atoms with Crippen LogP contribution in [0.4, 0.5) is 5.69 Å². The zero-order chi connectivity index (χ0) is 13.3. The Morgan fingerprint density at radius 3 is 2.67 bits per heavy atom. The van der Waals surface area contributed by atoms with Gasteiger partial charge in [-0.25, -0.2) is 0 Å². The highest BCUT2D eigenvalue weighted by atomic mass is 35.5. The summed E-state index contributed by atoms with van der Waals surface area (Å²) in [6.45, 7) is 0.552. The minimum Gasteiger partial charge on any atom is -0.397 e. The van der Waals surface area contributed by atoms with E-state index in [9.17, 15) is 4.79 Å². The lowest BCUT2D eigenvalue weighted by Gasteiger charge is -2.31. The first-order valence-corrected chi connectivity index (χ1v) is 6.43. The molecule has 4 N–H and O–H groups in total. The van der Waals surface area contributed by atoms with Gasteiger partial charge in [0.05, 0.1) is 21.8 Å². The van der Waals surface area contributed by atoms with Crippen LogP contribution in [0.3, 0.4) is 0 Å². The van der Waals surface area contributed by atoms with Gasteiger partial charge in [0.25, 0.3) is 5.91 Å². The molecule has 4 nitrogen and oxygen atoms in total. The lowest BCUT2D eigenvalue weighted by molar-refractivity contribution is 0.0420. The molecule has 1 amide bonds. The van der Waals surface area contributed by atoms with Gasteiger partial charge < -0.3 is 16.2 Å². The minimum absolute atomic E-state index is 0.215. The number of benzene rings is 1. The molecule has 0 bridgehead atoms. The second-order valence-corrected chi connectivity index (χ2v) is 5.35. The summed E-state index contributed by atoms with van der Waals surface area (Å²) >= 11 is 11.7. The smallest absolute Gasteiger partial charge is 0.251 e. The van der Waals surface area contributed by atoms with Crippen molar-refractivity contribution in [1.82, 2.24) is 5.32 Å². The average Bonchev–Trinajstić information content (AvgIpc) is 2.29. The van der Waals surface area contributed by atoms with Crippen molar-refractivity contribution in [3.63, 3.8) is 0 Å². The molecule has 0 atom stereocenters. The van der Waals surface area contributed by atoms with Gasteiger partial charge in [0.15, 0.2) is 0 Å². The molecule has 0 aliphatic heterocycles. The summed E-state index contributed by atoms with van der Waals surface area (Å²) in [6.07, 6.45) is 1.26. The third kappa shape index (κ3) is 2.88. The van der Waals surface area contributed by atoms with Crippen molar-refractivity contribution in [3.8, 4) is 0 Å². The maximum atomic E-state index is 11.9. The number of hydrogen-bond donors (Lipinski definition) is 3. The topological polar surface area (TPSA) is 75.4 Å². The number of nitrogen functional groups attached to an aromatic ring is 1. The first-order chi connectivity index (χ1) is 8.47. The van der Waals surface area contributed by atoms with E-state index in [1.807, 2.05) is 0 Å². The molecule has 1 saturated carbocycles. The molecule has 0 radical (unpaired) electrons. The van der Waals surface area contributed by atoms with Crippen molar-refractivity contribution in [2.24, 2.45) is 5.92 Å². The predicted molar refractivity (Wildman–Crippen MR) is 71.9 cm³/mol. The molecule has 1 aliphatic carbocycles. The molecule has 0 spiro atoms. The van der Waals surface area contributed by atoms with E-state index in [0.717, 1.165) is 12.8 Å². The van der Waals surface area contributed by atoms with E-state index in [2.05, 4.69) is 5.32 Å². The maximum absolute atomic E-state index is 11.9. The van der Waals surface area contributed by atoms with Crippen LogP contribution in [0.25, 0.3) is 0 Å². The summed E-state index contributed by atoms with van der Waals surface area (Å²) in [7, 11) is 0. The van der Waals surface area contributed by atoms with Gasteiger partial charge in [0.1, 0.15) is 0 Å². The number of nitrogens with two attached hydrogens (primary N) is 1. The lowest BCUT2D eigenvalue weighted by atomic mass is 9.82. The van der Waals surface area contributed by atoms with Gasteiger partial charge in [0, 0.05) is 12.1 Å². The van der Waals surface area contributed by atoms with Crippen LogP contribution >= 0.6 is 23.2 Å². The van der Waals surface area contributed by atoms with Gasteiger partial charge in [-0.3, -0.25) is 4.79 Å². The van der Waals surface area contributed by atoms with Crippen LogP contribution < -0.4 is 11.1 Å². The Hall–Kier alpha value is -0.970. The highest BCUT2D eigenvalue weighted by molar-refractivity contribution is 6.43. The zero-order valence-electron chi connectivity index (χ0n) is 9.62. The van der Waals surface area contributed by atoms with Gasteiger partial charge in [-0.2, -0.15) is 0 Å². The van der Waals surface area contributed by atoms with Gasteiger partial charge in [-0.15, -0.1) is 0 Å². The molecular weight excluding hydrogens is 275 g/mol. The second-order valence-electron chi connectivity index (χ2n) is 4.56. The number of aliphatic hydroxyl groups excluding tert-OH is 1. The van der Waals surface area contributed by atoms with Crippen molar-refractivity contribution in [3.05, 3.63) is 27.7 Å². The monoisotopic (exact) mass is 288 g/mol. The van der Waals surface area contributed by atoms with E-state index in [0.29, 0.717) is 18.0 Å². The third-order valence-corrected chi connectivity index (χ3v) is 3.90. The number of carbonyl (C=O) groups excluding carboxylic acids is 1. The summed E-state index contributed by atoms with van der Waals surface area (Å²) in [5.41, 5.74) is 6.32. The standard InChI is InChI=1S/C12H14Cl2N2O2/c13-9-3-7(4-10(15)11(9)14)12(18)16-5-6-1-8(17)2-6/h3-4,6,8,17H,1-2,5,15H2,(H,16,18). The number of carbonyl (C=O) groups is 1. The summed E-state index contributed by atoms with van der Waals surface area (Å²) < 4.78 is 0. The number of hydrogen-bond acceptors (Lipinski definition) is 3. The second kappa shape index (κ2) is 5.34. The van der Waals surface area contributed by atoms with Crippen LogP contribution in [-0.2, 0) is 0 Å². The van der Waals surface area contributed by atoms with Gasteiger partial charge in [-0.1, -0.05) is 23.2 Å². The molecule has 18 heavy (non-hydrogen) atoms. The van der Waals surface area contributed by atoms with Gasteiger partial charge in [0.2, 0.25) is 0 Å². The number of rotatable bonds is 3. The Balaban J connectivity index is 1.96. The molecule has 0 heterocycles. The van der Waals surface area contributed by atoms with Crippen LogP contribution in [0.5, 0.6) is 0 Å². The summed E-state index contributed by atoms with van der Waals surface area (Å²) in [4.78, 5) is 11.9. The van der Waals surface area contributed by atoms with E-state index < -0.39 is 0 Å². The van der Waals surface area contributed by atoms with Crippen LogP contribution in [0.1, 0.15) is 23.2 Å². The summed E-state index contributed by atoms with van der Waals surface area (Å²) in [6, 6.07) is 2.99. The molecule has 1 aromatic rings. The highest BCUT2D eigenvalue weighted by Crippen LogP contribution is 2.29. The van der Waals surface area contributed by atoms with Crippen molar-refractivity contribution in [2.75, 3.05) is 12.3 Å². The number of nitrogens with one attached hydrogen (secondary N) is 1. The van der Waals surface area contributed by atoms with Crippen LogP contribution in [0.2, 0.25) is 10.0 Å². The fourth-order valence-corrected chi connectivity index (χ4v) is 2.28. The Morgan fingerprint density at radius 2 is 2.11 bits per heavy atom. The molecule has 0 aromatic heterocycles. The fraction of sp³-hybridized carbons (Fsp3) is 0.417. The molecule has 6 heteroatoms. The fourth-order valence-electron chi connectivity index (χ4n) is 1.95. The minimum atomic E-state index is -0.235. The van der Waals surface area contributed by atoms with Crippen LogP contribution in [0.15, 0.2) is 12.1 Å². The molecule has 2 rings (SSSR count). The van der Waals surface area contributed by atoms with Crippen LogP contribution in [-0.4, -0.2) is 23.7 Å². The average molecular weight is 289 g/mol. The Kier molecular flexibility index (Phi) is 4.00. The van der Waals surface area contributed by atoms with E-state index in [1.54, 1.807) is 0 Å². The Bertz CT molecular complexity index is 450. The molecule has 1 fully saturated rings. The predicted octanol–water partition coefficient (Wildman–Crippen LogP) is 2.08. The van der Waals surface area contributed by atoms with Gasteiger partial charge in [-0.05, 0) is 30.9 Å². The Morgan fingerprint density at radius 1 is 1.44 bits per heavy atom. The summed E-state index contributed by atoms with van der Waals surface area (Å²) in [5, 5.41) is 12.5. The number of aliphatic hydroxyl groups is 1. The van der Waals surface area contributed by atoms with E-state index in [4.69, 9.17) is 34.0 Å². The highest BCUT2D eigenvalue weighted by Gasteiger charge is 2.27. The Labute approximate surface area is 115 Å². The quantitative estimate of drug-likeness (QED) is 0.746. The van der Waals surface area contributed by atoms with Crippen molar-refractivity contribution in [2.45, 2.75) is 18.9 Å². The lowest BCUT2D eigenvalue weighted by Crippen LogP contribution is -2.38.